The van der Waals surface area contributed by atoms with E-state index in [0.29, 0.717) is 77.6 Å². The highest BCUT2D eigenvalue weighted by molar-refractivity contribution is 6.39. The minimum Gasteiger partial charge on any atom is -0.481 e. The highest BCUT2D eigenvalue weighted by Gasteiger charge is 2.24. The Labute approximate surface area is 311 Å². The predicted octanol–water partition coefficient (Wildman–Crippen LogP) is 5.32. The van der Waals surface area contributed by atoms with Crippen molar-refractivity contribution < 1.29 is 19.4 Å². The first-order chi connectivity index (χ1) is 25.2. The first-order valence-electron chi connectivity index (χ1n) is 17.3. The normalized spacial score (nSPS) is 18.9. The van der Waals surface area contributed by atoms with Crippen molar-refractivity contribution >= 4 is 34.8 Å². The third kappa shape index (κ3) is 7.43. The number of pyridine rings is 2. The van der Waals surface area contributed by atoms with Gasteiger partial charge in [0.1, 0.15) is 5.65 Å². The molecule has 0 bridgehead atoms. The molecule has 5 aromatic rings. The number of nitrogens with one attached hydrogen (secondary N) is 3. The summed E-state index contributed by atoms with van der Waals surface area (Å²) in [7, 11) is 1.59. The molecule has 13 heteroatoms. The van der Waals surface area contributed by atoms with Gasteiger partial charge >= 0.3 is 0 Å². The van der Waals surface area contributed by atoms with E-state index in [2.05, 4.69) is 16.0 Å². The number of ether oxygens (including phenoxy) is 2. The van der Waals surface area contributed by atoms with E-state index in [1.54, 1.807) is 13.3 Å². The molecule has 2 aromatic carbocycles. The third-order valence-corrected chi connectivity index (χ3v) is 10.6. The molecule has 4 N–H and O–H groups in total. The lowest BCUT2D eigenvalue weighted by atomic mass is 9.97. The van der Waals surface area contributed by atoms with E-state index in [1.165, 1.54) is 4.40 Å². The second-order valence-electron chi connectivity index (χ2n) is 13.2. The van der Waals surface area contributed by atoms with Gasteiger partial charge in [-0.2, -0.15) is 0 Å². The Kier molecular flexibility index (Phi) is 10.9. The molecule has 7 rings (SSSR count). The quantitative estimate of drug-likeness (QED) is 0.142. The number of aliphatic hydroxyl groups excluding tert-OH is 1. The number of hydrogen-bond donors (Lipinski definition) is 4. The van der Waals surface area contributed by atoms with Crippen molar-refractivity contribution in [3.8, 4) is 39.4 Å². The van der Waals surface area contributed by atoms with Gasteiger partial charge < -0.3 is 30.5 Å². The molecule has 11 nitrogen and oxygen atoms in total. The first-order valence-corrected chi connectivity index (χ1v) is 18.1. The molecule has 0 radical (unpaired) electrons. The van der Waals surface area contributed by atoms with Gasteiger partial charge in [0.25, 0.3) is 5.56 Å². The van der Waals surface area contributed by atoms with E-state index in [-0.39, 0.29) is 30.2 Å². The number of benzene rings is 2. The van der Waals surface area contributed by atoms with Gasteiger partial charge in [0.05, 0.1) is 41.1 Å². The number of aromatic nitrogens is 3. The van der Waals surface area contributed by atoms with Crippen molar-refractivity contribution in [2.24, 2.45) is 0 Å². The molecular formula is C39H40Cl2N6O5. The zero-order valence-electron chi connectivity index (χ0n) is 28.9. The largest absolute Gasteiger partial charge is 0.481 e. The Morgan fingerprint density at radius 2 is 1.73 bits per heavy atom. The van der Waals surface area contributed by atoms with Crippen LogP contribution in [0.2, 0.25) is 10.0 Å². The molecule has 1 amide bonds. The van der Waals surface area contributed by atoms with Crippen LogP contribution in [-0.4, -0.2) is 70.4 Å². The van der Waals surface area contributed by atoms with Gasteiger partial charge in [-0.1, -0.05) is 65.7 Å². The van der Waals surface area contributed by atoms with Crippen LogP contribution >= 0.6 is 23.2 Å². The highest BCUT2D eigenvalue weighted by atomic mass is 35.5. The monoisotopic (exact) mass is 742 g/mol. The molecule has 0 aliphatic carbocycles. The number of aliphatic hydroxyl groups is 1. The van der Waals surface area contributed by atoms with Gasteiger partial charge in [0.2, 0.25) is 11.8 Å². The van der Waals surface area contributed by atoms with E-state index >= 15 is 0 Å². The molecule has 2 aliphatic heterocycles. The maximum absolute atomic E-state index is 13.5. The molecule has 52 heavy (non-hydrogen) atoms. The molecule has 3 aromatic heterocycles. The summed E-state index contributed by atoms with van der Waals surface area (Å²) in [6.07, 6.45) is 3.16. The van der Waals surface area contributed by atoms with Crippen LogP contribution in [-0.2, 0) is 22.6 Å². The van der Waals surface area contributed by atoms with E-state index in [1.807, 2.05) is 67.6 Å². The Bertz CT molecular complexity index is 2190. The number of carbonyl (C=O) groups excluding carboxylic acids is 1. The Hall–Kier alpha value is -4.36. The molecular weight excluding hydrogens is 703 g/mol. The van der Waals surface area contributed by atoms with Crippen LogP contribution in [0.25, 0.3) is 39.2 Å². The van der Waals surface area contributed by atoms with E-state index < -0.39 is 6.10 Å². The summed E-state index contributed by atoms with van der Waals surface area (Å²) in [4.78, 5) is 34.6. The number of rotatable bonds is 11. The number of methoxy groups -OCH3 is 1. The van der Waals surface area contributed by atoms with Crippen molar-refractivity contribution in [2.45, 2.75) is 57.5 Å². The summed E-state index contributed by atoms with van der Waals surface area (Å²) in [6.45, 7) is 4.17. The Balaban J connectivity index is 1.13. The van der Waals surface area contributed by atoms with Crippen molar-refractivity contribution in [3.05, 3.63) is 104 Å². The van der Waals surface area contributed by atoms with Crippen molar-refractivity contribution in [1.82, 2.24) is 30.3 Å². The van der Waals surface area contributed by atoms with Crippen molar-refractivity contribution in [1.29, 1.82) is 0 Å². The number of nitrogens with zero attached hydrogens (tertiary/aromatic N) is 3. The molecule has 5 heterocycles. The number of amides is 1. The molecule has 0 saturated carbocycles. The fourth-order valence-electron chi connectivity index (χ4n) is 6.89. The van der Waals surface area contributed by atoms with E-state index in [9.17, 15) is 14.7 Å². The molecule has 2 fully saturated rings. The van der Waals surface area contributed by atoms with Crippen molar-refractivity contribution in [3.63, 3.8) is 0 Å². The molecule has 0 spiro atoms. The number of aryl methyl sites for hydroxylation is 1. The maximum Gasteiger partial charge on any atom is 0.262 e. The number of halogens is 2. The van der Waals surface area contributed by atoms with Crippen LogP contribution in [0, 0.1) is 6.92 Å². The molecule has 270 valence electrons. The fraction of sp³-hybridized carbons (Fsp3) is 0.333. The summed E-state index contributed by atoms with van der Waals surface area (Å²) in [5.74, 6) is 0.580. The number of hydrogen-bond acceptors (Lipinski definition) is 9. The second kappa shape index (κ2) is 15.7. The summed E-state index contributed by atoms with van der Waals surface area (Å²) >= 11 is 14.2. The third-order valence-electron chi connectivity index (χ3n) is 9.80. The maximum atomic E-state index is 13.5. The average molecular weight is 744 g/mol. The smallest absolute Gasteiger partial charge is 0.262 e. The summed E-state index contributed by atoms with van der Waals surface area (Å²) in [5, 5.41) is 20.9. The lowest BCUT2D eigenvalue weighted by molar-refractivity contribution is -0.119. The van der Waals surface area contributed by atoms with Gasteiger partial charge in [0, 0.05) is 84.5 Å². The summed E-state index contributed by atoms with van der Waals surface area (Å²) < 4.78 is 12.5. The van der Waals surface area contributed by atoms with Crippen molar-refractivity contribution in [2.75, 3.05) is 26.9 Å². The van der Waals surface area contributed by atoms with Crippen LogP contribution in [0.5, 0.6) is 5.88 Å². The second-order valence-corrected chi connectivity index (χ2v) is 13.9. The highest BCUT2D eigenvalue weighted by Crippen LogP contribution is 2.42. The van der Waals surface area contributed by atoms with Gasteiger partial charge in [-0.25, -0.2) is 9.97 Å². The fourth-order valence-corrected chi connectivity index (χ4v) is 7.55. The van der Waals surface area contributed by atoms with Gasteiger partial charge in [0.15, 0.2) is 0 Å². The minimum absolute atomic E-state index is 0.0917. The Morgan fingerprint density at radius 3 is 2.46 bits per heavy atom. The zero-order chi connectivity index (χ0) is 36.4. The number of carbonyl (C=O) groups is 1. The van der Waals surface area contributed by atoms with Crippen LogP contribution < -0.4 is 26.2 Å². The number of fused-ring (bicyclic) bond motifs is 1. The van der Waals surface area contributed by atoms with Gasteiger partial charge in [-0.3, -0.25) is 14.0 Å². The summed E-state index contributed by atoms with van der Waals surface area (Å²) in [5.41, 5.74) is 6.83. The average Bonchev–Trinajstić information content (AvgIpc) is 3.57. The van der Waals surface area contributed by atoms with Crippen LogP contribution in [0.15, 0.2) is 71.7 Å². The molecule has 0 unspecified atom stereocenters. The van der Waals surface area contributed by atoms with E-state index in [0.717, 1.165) is 39.8 Å². The van der Waals surface area contributed by atoms with Crippen LogP contribution in [0.1, 0.15) is 36.1 Å². The van der Waals surface area contributed by atoms with Gasteiger partial charge in [-0.05, 0) is 43.5 Å². The molecule has 3 atom stereocenters. The topological polar surface area (TPSA) is 139 Å². The lowest BCUT2D eigenvalue weighted by Crippen LogP contribution is -2.46. The molecule has 2 saturated heterocycles. The van der Waals surface area contributed by atoms with Gasteiger partial charge in [-0.15, -0.1) is 0 Å². The van der Waals surface area contributed by atoms with E-state index in [4.69, 9.17) is 42.6 Å². The van der Waals surface area contributed by atoms with Crippen LogP contribution in [0.4, 0.5) is 0 Å². The Morgan fingerprint density at radius 1 is 0.981 bits per heavy atom. The lowest BCUT2D eigenvalue weighted by Gasteiger charge is -2.28. The standard InChI is InChI=1S/C39H40Cl2N6O5/c1-22-30(20-43-32-14-16-52-21-33(32)48)39(50)47-15-13-23(17-34(47)44-22)26-5-3-6-27(36(26)40)28-7-4-8-29(37(28)41)31-11-9-24(38(46-31)51-2)18-42-19-25-10-12-35(49)45-25/h3-9,11,13,15,17,25,32-33,42-43,48H,10,12,14,16,18-21H2,1-2H3,(H,45,49)/t25-,32-,33-/m0/s1. The minimum atomic E-state index is -0.620. The summed E-state index contributed by atoms with van der Waals surface area (Å²) in [6, 6.07) is 19.1. The first kappa shape index (κ1) is 36.0. The van der Waals surface area contributed by atoms with Crippen LogP contribution in [0.3, 0.4) is 0 Å². The molecule has 2 aliphatic rings. The zero-order valence-corrected chi connectivity index (χ0v) is 30.4. The SMILES string of the molecule is COc1nc(-c2cccc(-c3cccc(-c4ccn5c(=O)c(CN[C@H]6CCOC[C@@H]6O)c(C)nc5c4)c3Cl)c2Cl)ccc1CNC[C@@H]1CCC(=O)N1. The predicted molar refractivity (Wildman–Crippen MR) is 202 cm³/mol.